The third-order valence-corrected chi connectivity index (χ3v) is 4.94. The summed E-state index contributed by atoms with van der Waals surface area (Å²) in [6.45, 7) is 12.3. The van der Waals surface area contributed by atoms with E-state index in [1.165, 1.54) is 0 Å². The Bertz CT molecular complexity index is 814. The fourth-order valence-electron chi connectivity index (χ4n) is 3.92. The zero-order valence-electron chi connectivity index (χ0n) is 18.3. The lowest BCUT2D eigenvalue weighted by Crippen LogP contribution is -2.36. The van der Waals surface area contributed by atoms with Gasteiger partial charge in [0.25, 0.3) is 0 Å². The summed E-state index contributed by atoms with van der Waals surface area (Å²) in [5.41, 5.74) is 1.26. The van der Waals surface area contributed by atoms with Crippen LogP contribution in [0.2, 0.25) is 0 Å². The van der Waals surface area contributed by atoms with Crippen LogP contribution < -0.4 is 4.90 Å². The number of ether oxygens (including phenoxy) is 1. The van der Waals surface area contributed by atoms with Gasteiger partial charge in [-0.25, -0.2) is 14.7 Å². The molecular formula is C24H33N3O2. The van der Waals surface area contributed by atoms with Gasteiger partial charge in [-0.3, -0.25) is 4.90 Å². The first-order valence-electron chi connectivity index (χ1n) is 10.5. The molecule has 0 bridgehead atoms. The van der Waals surface area contributed by atoms with Gasteiger partial charge in [-0.15, -0.1) is 0 Å². The number of benzene rings is 1. The summed E-state index contributed by atoms with van der Waals surface area (Å²) in [5.74, 6) is 1.25. The monoisotopic (exact) mass is 395 g/mol. The number of carbonyl (C=O) groups excluding carboxylic acids is 1. The van der Waals surface area contributed by atoms with Crippen molar-refractivity contribution in [2.45, 2.75) is 59.1 Å². The van der Waals surface area contributed by atoms with Crippen LogP contribution in [0.5, 0.6) is 0 Å². The van der Waals surface area contributed by atoms with E-state index in [1.807, 2.05) is 57.2 Å². The number of carbonyl (C=O) groups is 1. The molecule has 1 fully saturated rings. The summed E-state index contributed by atoms with van der Waals surface area (Å²) < 4.78 is 5.75. The summed E-state index contributed by atoms with van der Waals surface area (Å²) >= 11 is 0. The van der Waals surface area contributed by atoms with Crippen molar-refractivity contribution in [2.75, 3.05) is 18.0 Å². The maximum absolute atomic E-state index is 13.2. The second-order valence-electron chi connectivity index (χ2n) is 9.11. The van der Waals surface area contributed by atoms with Crippen LogP contribution in [0.25, 0.3) is 0 Å². The Kier molecular flexibility index (Phi) is 6.58. The van der Waals surface area contributed by atoms with Crippen LogP contribution in [0.3, 0.4) is 0 Å². The van der Waals surface area contributed by atoms with Gasteiger partial charge in [-0.05, 0) is 64.3 Å². The van der Waals surface area contributed by atoms with E-state index in [4.69, 9.17) is 4.74 Å². The minimum Gasteiger partial charge on any atom is -0.443 e. The average Bonchev–Trinajstić information content (AvgIpc) is 3.09. The Balaban J connectivity index is 2.04. The Morgan fingerprint density at radius 3 is 2.59 bits per heavy atom. The number of nitrogens with zero attached hydrogens (tertiary/aromatic N) is 3. The predicted octanol–water partition coefficient (Wildman–Crippen LogP) is 5.95. The van der Waals surface area contributed by atoms with E-state index in [-0.39, 0.29) is 6.04 Å². The number of para-hydroxylation sites is 1. The van der Waals surface area contributed by atoms with Gasteiger partial charge in [0.05, 0.1) is 5.69 Å². The Morgan fingerprint density at radius 2 is 1.93 bits per heavy atom. The fraction of sp³-hybridized carbons (Fsp3) is 0.500. The van der Waals surface area contributed by atoms with Gasteiger partial charge in [0.15, 0.2) is 0 Å². The number of aromatic nitrogens is 1. The van der Waals surface area contributed by atoms with E-state index in [2.05, 4.69) is 29.8 Å². The van der Waals surface area contributed by atoms with Crippen LogP contribution in [-0.2, 0) is 4.74 Å². The third-order valence-electron chi connectivity index (χ3n) is 4.94. The molecule has 1 aliphatic heterocycles. The van der Waals surface area contributed by atoms with Crippen LogP contribution >= 0.6 is 0 Å². The largest absolute Gasteiger partial charge is 0.443 e. The maximum Gasteiger partial charge on any atom is 0.420 e. The molecular weight excluding hydrogens is 362 g/mol. The highest BCUT2D eigenvalue weighted by Crippen LogP contribution is 2.39. The predicted molar refractivity (Wildman–Crippen MR) is 117 cm³/mol. The molecule has 5 heteroatoms. The zero-order chi connectivity index (χ0) is 21.0. The van der Waals surface area contributed by atoms with Crippen molar-refractivity contribution in [3.05, 3.63) is 54.2 Å². The number of hydrogen-bond acceptors (Lipinski definition) is 4. The molecule has 2 heterocycles. The van der Waals surface area contributed by atoms with E-state index >= 15 is 0 Å². The lowest BCUT2D eigenvalue weighted by atomic mass is 10.0. The average molecular weight is 396 g/mol. The summed E-state index contributed by atoms with van der Waals surface area (Å²) in [5, 5.41) is 0. The summed E-state index contributed by atoms with van der Waals surface area (Å²) in [4.78, 5) is 22.0. The quantitative estimate of drug-likeness (QED) is 0.628. The van der Waals surface area contributed by atoms with Crippen molar-refractivity contribution < 1.29 is 9.53 Å². The number of amides is 1. The molecule has 2 aromatic rings. The molecule has 1 aromatic carbocycles. The van der Waals surface area contributed by atoms with E-state index < -0.39 is 11.7 Å². The lowest BCUT2D eigenvalue weighted by molar-refractivity contribution is 0.0597. The fourth-order valence-corrected chi connectivity index (χ4v) is 3.92. The van der Waals surface area contributed by atoms with Crippen LogP contribution in [0, 0.1) is 5.92 Å². The number of anilines is 2. The minimum absolute atomic E-state index is 0.259. The molecule has 0 N–H and O–H groups in total. The second-order valence-corrected chi connectivity index (χ2v) is 9.11. The molecule has 1 atom stereocenters. The highest BCUT2D eigenvalue weighted by Gasteiger charge is 2.33. The molecule has 0 saturated carbocycles. The van der Waals surface area contributed by atoms with E-state index in [9.17, 15) is 4.79 Å². The van der Waals surface area contributed by atoms with Crippen molar-refractivity contribution in [1.29, 1.82) is 0 Å². The number of likely N-dealkylation sites (tertiary alicyclic amines) is 1. The van der Waals surface area contributed by atoms with Crippen LogP contribution in [0.1, 0.15) is 59.1 Å². The molecule has 1 saturated heterocycles. The second kappa shape index (κ2) is 8.95. The maximum atomic E-state index is 13.2. The minimum atomic E-state index is -0.587. The summed E-state index contributed by atoms with van der Waals surface area (Å²) in [6, 6.07) is 14.0. The standard InChI is InChI=1S/C24H33N3O2/c1-18(2)17-26-16-10-14-21(26)20-13-9-15-25-22(20)27(19-11-7-6-8-12-19)23(28)29-24(3,4)5/h6-9,11-13,15,18,21H,10,14,16-17H2,1-5H3. The summed E-state index contributed by atoms with van der Waals surface area (Å²) in [7, 11) is 0. The van der Waals surface area contributed by atoms with Gasteiger partial charge < -0.3 is 4.74 Å². The molecule has 1 amide bonds. The van der Waals surface area contributed by atoms with Gasteiger partial charge in [-0.2, -0.15) is 0 Å². The Morgan fingerprint density at radius 1 is 1.21 bits per heavy atom. The lowest BCUT2D eigenvalue weighted by Gasteiger charge is -2.31. The van der Waals surface area contributed by atoms with E-state index in [0.717, 1.165) is 37.2 Å². The van der Waals surface area contributed by atoms with Crippen LogP contribution in [0.15, 0.2) is 48.7 Å². The molecule has 1 aromatic heterocycles. The molecule has 156 valence electrons. The molecule has 3 rings (SSSR count). The van der Waals surface area contributed by atoms with Gasteiger partial charge in [0.2, 0.25) is 0 Å². The zero-order valence-corrected chi connectivity index (χ0v) is 18.3. The molecule has 29 heavy (non-hydrogen) atoms. The number of hydrogen-bond donors (Lipinski definition) is 0. The SMILES string of the molecule is CC(C)CN1CCCC1c1cccnc1N(C(=O)OC(C)(C)C)c1ccccc1. The van der Waals surface area contributed by atoms with Crippen molar-refractivity contribution in [2.24, 2.45) is 5.92 Å². The highest BCUT2D eigenvalue weighted by atomic mass is 16.6. The molecule has 0 spiro atoms. The van der Waals surface area contributed by atoms with Crippen molar-refractivity contribution in [1.82, 2.24) is 9.88 Å². The first kappa shape index (κ1) is 21.3. The normalized spacial score (nSPS) is 17.5. The molecule has 1 unspecified atom stereocenters. The van der Waals surface area contributed by atoms with Gasteiger partial charge in [0, 0.05) is 24.3 Å². The third kappa shape index (κ3) is 5.36. The van der Waals surface area contributed by atoms with E-state index in [0.29, 0.717) is 11.7 Å². The van der Waals surface area contributed by atoms with E-state index in [1.54, 1.807) is 11.1 Å². The smallest absolute Gasteiger partial charge is 0.420 e. The Hall–Kier alpha value is -2.40. The van der Waals surface area contributed by atoms with Gasteiger partial charge >= 0.3 is 6.09 Å². The molecule has 5 nitrogen and oxygen atoms in total. The molecule has 0 aliphatic carbocycles. The van der Waals surface area contributed by atoms with Crippen molar-refractivity contribution in [3.8, 4) is 0 Å². The van der Waals surface area contributed by atoms with Crippen molar-refractivity contribution >= 4 is 17.6 Å². The molecule has 1 aliphatic rings. The highest BCUT2D eigenvalue weighted by molar-refractivity contribution is 5.96. The number of pyridine rings is 1. The topological polar surface area (TPSA) is 45.7 Å². The van der Waals surface area contributed by atoms with Crippen molar-refractivity contribution in [3.63, 3.8) is 0 Å². The first-order chi connectivity index (χ1) is 13.8. The Labute approximate surface area is 174 Å². The van der Waals surface area contributed by atoms with Crippen LogP contribution in [0.4, 0.5) is 16.3 Å². The summed E-state index contributed by atoms with van der Waals surface area (Å²) in [6.07, 6.45) is 3.57. The molecule has 0 radical (unpaired) electrons. The van der Waals surface area contributed by atoms with Gasteiger partial charge in [0.1, 0.15) is 11.4 Å². The number of rotatable bonds is 5. The van der Waals surface area contributed by atoms with Crippen LogP contribution in [-0.4, -0.2) is 34.7 Å². The first-order valence-corrected chi connectivity index (χ1v) is 10.5. The van der Waals surface area contributed by atoms with Gasteiger partial charge in [-0.1, -0.05) is 38.1 Å².